The van der Waals surface area contributed by atoms with Crippen LogP contribution in [0.15, 0.2) is 12.7 Å². The molecule has 0 atom stereocenters. The lowest BCUT2D eigenvalue weighted by Crippen LogP contribution is -2.36. The van der Waals surface area contributed by atoms with Crippen molar-refractivity contribution in [2.45, 2.75) is 32.7 Å². The van der Waals surface area contributed by atoms with Crippen molar-refractivity contribution in [1.82, 2.24) is 4.90 Å². The quantitative estimate of drug-likeness (QED) is 0.497. The maximum Gasteiger partial charge on any atom is 0.246 e. The first-order valence-corrected chi connectivity index (χ1v) is 4.76. The van der Waals surface area contributed by atoms with Crippen LogP contribution in [0.2, 0.25) is 0 Å². The van der Waals surface area contributed by atoms with E-state index in [1.165, 1.54) is 6.08 Å². The summed E-state index contributed by atoms with van der Waals surface area (Å²) < 4.78 is 0. The molecule has 3 heteroatoms. The standard InChI is InChI=1S/C10H20N2O/c1-4-10(13)12(9(2)3)8-6-5-7-11/h4,9H,1,5-8,11H2,2-3H3. The van der Waals surface area contributed by atoms with Gasteiger partial charge in [0.15, 0.2) is 0 Å². The van der Waals surface area contributed by atoms with Crippen LogP contribution in [-0.4, -0.2) is 29.9 Å². The normalized spacial score (nSPS) is 10.2. The molecular formula is C10H20N2O. The van der Waals surface area contributed by atoms with Gasteiger partial charge in [-0.1, -0.05) is 6.58 Å². The Labute approximate surface area is 80.6 Å². The lowest BCUT2D eigenvalue weighted by atomic mass is 10.2. The predicted molar refractivity (Wildman–Crippen MR) is 55.3 cm³/mol. The van der Waals surface area contributed by atoms with Crippen molar-refractivity contribution >= 4 is 5.91 Å². The van der Waals surface area contributed by atoms with E-state index in [1.807, 2.05) is 18.7 Å². The van der Waals surface area contributed by atoms with Crippen molar-refractivity contribution in [3.63, 3.8) is 0 Å². The van der Waals surface area contributed by atoms with Gasteiger partial charge in [0.25, 0.3) is 0 Å². The van der Waals surface area contributed by atoms with Crippen LogP contribution in [0.1, 0.15) is 26.7 Å². The van der Waals surface area contributed by atoms with Crippen LogP contribution < -0.4 is 5.73 Å². The molecule has 0 bridgehead atoms. The Morgan fingerprint density at radius 3 is 2.54 bits per heavy atom. The van der Waals surface area contributed by atoms with Crippen molar-refractivity contribution in [3.05, 3.63) is 12.7 Å². The highest BCUT2D eigenvalue weighted by Crippen LogP contribution is 2.02. The van der Waals surface area contributed by atoms with Crippen LogP contribution >= 0.6 is 0 Å². The smallest absolute Gasteiger partial charge is 0.246 e. The summed E-state index contributed by atoms with van der Waals surface area (Å²) in [4.78, 5) is 13.1. The van der Waals surface area contributed by atoms with Crippen molar-refractivity contribution in [2.24, 2.45) is 5.73 Å². The molecule has 2 N–H and O–H groups in total. The Balaban J connectivity index is 3.95. The van der Waals surface area contributed by atoms with Crippen LogP contribution in [0, 0.1) is 0 Å². The molecule has 0 heterocycles. The van der Waals surface area contributed by atoms with E-state index in [9.17, 15) is 4.79 Å². The monoisotopic (exact) mass is 184 g/mol. The Morgan fingerprint density at radius 2 is 2.15 bits per heavy atom. The first-order chi connectivity index (χ1) is 6.13. The molecule has 0 radical (unpaired) electrons. The van der Waals surface area contributed by atoms with Gasteiger partial charge in [-0.3, -0.25) is 4.79 Å². The molecule has 0 unspecified atom stereocenters. The number of hydrogen-bond donors (Lipinski definition) is 1. The Hall–Kier alpha value is -0.830. The zero-order valence-electron chi connectivity index (χ0n) is 8.62. The van der Waals surface area contributed by atoms with Crippen LogP contribution in [0.25, 0.3) is 0 Å². The zero-order chi connectivity index (χ0) is 10.3. The Bertz CT molecular complexity index is 166. The molecule has 13 heavy (non-hydrogen) atoms. The molecular weight excluding hydrogens is 164 g/mol. The Kier molecular flexibility index (Phi) is 6.24. The third-order valence-electron chi connectivity index (χ3n) is 1.93. The maximum absolute atomic E-state index is 11.3. The van der Waals surface area contributed by atoms with Gasteiger partial charge in [-0.15, -0.1) is 0 Å². The van der Waals surface area contributed by atoms with E-state index in [1.54, 1.807) is 0 Å². The van der Waals surface area contributed by atoms with Crippen molar-refractivity contribution in [1.29, 1.82) is 0 Å². The number of carbonyl (C=O) groups excluding carboxylic acids is 1. The number of nitrogens with zero attached hydrogens (tertiary/aromatic N) is 1. The largest absolute Gasteiger partial charge is 0.337 e. The molecule has 0 spiro atoms. The van der Waals surface area contributed by atoms with Gasteiger partial charge >= 0.3 is 0 Å². The average Bonchev–Trinajstić information content (AvgIpc) is 2.11. The highest BCUT2D eigenvalue weighted by molar-refractivity contribution is 5.87. The van der Waals surface area contributed by atoms with E-state index in [0.29, 0.717) is 6.54 Å². The van der Waals surface area contributed by atoms with E-state index in [0.717, 1.165) is 19.4 Å². The molecule has 0 rings (SSSR count). The topological polar surface area (TPSA) is 46.3 Å². The molecule has 0 aromatic rings. The van der Waals surface area contributed by atoms with Gasteiger partial charge in [0.05, 0.1) is 0 Å². The summed E-state index contributed by atoms with van der Waals surface area (Å²) in [6.07, 6.45) is 3.30. The van der Waals surface area contributed by atoms with Crippen LogP contribution in [0.5, 0.6) is 0 Å². The fraction of sp³-hybridized carbons (Fsp3) is 0.700. The van der Waals surface area contributed by atoms with E-state index in [-0.39, 0.29) is 11.9 Å². The molecule has 0 aliphatic heterocycles. The minimum atomic E-state index is 0.00650. The lowest BCUT2D eigenvalue weighted by molar-refractivity contribution is -0.127. The van der Waals surface area contributed by atoms with Gasteiger partial charge in [0.2, 0.25) is 5.91 Å². The summed E-state index contributed by atoms with van der Waals surface area (Å²) in [6, 6.07) is 0.239. The Morgan fingerprint density at radius 1 is 1.54 bits per heavy atom. The maximum atomic E-state index is 11.3. The third kappa shape index (κ3) is 4.68. The summed E-state index contributed by atoms with van der Waals surface area (Å²) in [7, 11) is 0. The molecule has 76 valence electrons. The van der Waals surface area contributed by atoms with Crippen molar-refractivity contribution in [2.75, 3.05) is 13.1 Å². The molecule has 0 fully saturated rings. The van der Waals surface area contributed by atoms with Crippen LogP contribution in [0.4, 0.5) is 0 Å². The number of unbranched alkanes of at least 4 members (excludes halogenated alkanes) is 1. The molecule has 0 saturated carbocycles. The van der Waals surface area contributed by atoms with Crippen molar-refractivity contribution in [3.8, 4) is 0 Å². The molecule has 0 aromatic heterocycles. The molecule has 3 nitrogen and oxygen atoms in total. The summed E-state index contributed by atoms with van der Waals surface area (Å²) in [5.41, 5.74) is 5.38. The zero-order valence-corrected chi connectivity index (χ0v) is 8.62. The summed E-state index contributed by atoms with van der Waals surface area (Å²) >= 11 is 0. The number of carbonyl (C=O) groups is 1. The minimum absolute atomic E-state index is 0.00650. The van der Waals surface area contributed by atoms with E-state index < -0.39 is 0 Å². The van der Waals surface area contributed by atoms with Gasteiger partial charge in [-0.25, -0.2) is 0 Å². The first-order valence-electron chi connectivity index (χ1n) is 4.76. The van der Waals surface area contributed by atoms with Crippen molar-refractivity contribution < 1.29 is 4.79 Å². The van der Waals surface area contributed by atoms with Gasteiger partial charge in [-0.05, 0) is 39.3 Å². The molecule has 0 saturated heterocycles. The molecule has 1 amide bonds. The minimum Gasteiger partial charge on any atom is -0.337 e. The second kappa shape index (κ2) is 6.66. The van der Waals surface area contributed by atoms with E-state index in [4.69, 9.17) is 5.73 Å². The summed E-state index contributed by atoms with van der Waals surface area (Å²) in [5, 5.41) is 0. The number of nitrogens with two attached hydrogens (primary N) is 1. The van der Waals surface area contributed by atoms with Gasteiger partial charge < -0.3 is 10.6 Å². The first kappa shape index (κ1) is 12.2. The molecule has 0 aliphatic rings. The summed E-state index contributed by atoms with van der Waals surface area (Å²) in [5.74, 6) is 0.00650. The molecule has 0 aromatic carbocycles. The number of hydrogen-bond acceptors (Lipinski definition) is 2. The fourth-order valence-corrected chi connectivity index (χ4v) is 1.17. The second-order valence-electron chi connectivity index (χ2n) is 3.33. The van der Waals surface area contributed by atoms with E-state index >= 15 is 0 Å². The van der Waals surface area contributed by atoms with Crippen LogP contribution in [-0.2, 0) is 4.79 Å². The predicted octanol–water partition coefficient (Wildman–Crippen LogP) is 1.15. The SMILES string of the molecule is C=CC(=O)N(CCCCN)C(C)C. The molecule has 0 aliphatic carbocycles. The number of rotatable bonds is 6. The average molecular weight is 184 g/mol. The van der Waals surface area contributed by atoms with Gasteiger partial charge in [0.1, 0.15) is 0 Å². The van der Waals surface area contributed by atoms with E-state index in [2.05, 4.69) is 6.58 Å². The number of amides is 1. The second-order valence-corrected chi connectivity index (χ2v) is 3.33. The highest BCUT2D eigenvalue weighted by Gasteiger charge is 2.12. The van der Waals surface area contributed by atoms with Gasteiger partial charge in [-0.2, -0.15) is 0 Å². The van der Waals surface area contributed by atoms with Crippen LogP contribution in [0.3, 0.4) is 0 Å². The lowest BCUT2D eigenvalue weighted by Gasteiger charge is -2.25. The summed E-state index contributed by atoms with van der Waals surface area (Å²) in [6.45, 7) is 8.95. The fourth-order valence-electron chi connectivity index (χ4n) is 1.17. The highest BCUT2D eigenvalue weighted by atomic mass is 16.2. The third-order valence-corrected chi connectivity index (χ3v) is 1.93. The van der Waals surface area contributed by atoms with Gasteiger partial charge in [0, 0.05) is 12.6 Å².